The van der Waals surface area contributed by atoms with Crippen molar-refractivity contribution in [3.8, 4) is 11.1 Å². The molecule has 0 radical (unpaired) electrons. The van der Waals surface area contributed by atoms with E-state index in [-0.39, 0.29) is 16.4 Å². The number of esters is 1. The molecule has 3 aromatic rings. The fourth-order valence-corrected chi connectivity index (χ4v) is 3.02. The number of carbonyl (C=O) groups excluding carboxylic acids is 3. The van der Waals surface area contributed by atoms with Crippen molar-refractivity contribution in [3.05, 3.63) is 93.5 Å². The van der Waals surface area contributed by atoms with Crippen molar-refractivity contribution in [2.75, 3.05) is 18.5 Å². The molecule has 0 heterocycles. The van der Waals surface area contributed by atoms with E-state index >= 15 is 0 Å². The first kappa shape index (κ1) is 23.4. The summed E-state index contributed by atoms with van der Waals surface area (Å²) >= 11 is 5.89. The molecule has 2 N–H and O–H groups in total. The van der Waals surface area contributed by atoms with Gasteiger partial charge in [0.2, 0.25) is 0 Å². The summed E-state index contributed by atoms with van der Waals surface area (Å²) in [6, 6.07) is 20.1. The molecule has 2 amide bonds. The van der Waals surface area contributed by atoms with Gasteiger partial charge in [-0.05, 0) is 29.3 Å². The molecule has 9 nitrogen and oxygen atoms in total. The largest absolute Gasteiger partial charge is 0.454 e. The second-order valence-electron chi connectivity index (χ2n) is 6.76. The molecule has 3 rings (SSSR count). The molecular weight excluding hydrogens is 450 g/mol. The molecule has 3 aromatic carbocycles. The van der Waals surface area contributed by atoms with Crippen LogP contribution in [0.5, 0.6) is 0 Å². The Hall–Kier alpha value is -4.24. The number of nitro benzene ring substituents is 1. The summed E-state index contributed by atoms with van der Waals surface area (Å²) in [5.74, 6) is -1.97. The summed E-state index contributed by atoms with van der Waals surface area (Å²) < 4.78 is 4.82. The monoisotopic (exact) mass is 467 g/mol. The molecule has 0 aliphatic carbocycles. The van der Waals surface area contributed by atoms with Crippen LogP contribution in [0.2, 0.25) is 5.02 Å². The molecule has 0 aromatic heterocycles. The summed E-state index contributed by atoms with van der Waals surface area (Å²) in [5, 5.41) is 15.5. The fraction of sp³-hybridized carbons (Fsp3) is 0.0870. The van der Waals surface area contributed by atoms with Gasteiger partial charge < -0.3 is 15.4 Å². The van der Waals surface area contributed by atoms with Gasteiger partial charge in [0.1, 0.15) is 6.54 Å². The molecule has 168 valence electrons. The number of nitro groups is 1. The second kappa shape index (κ2) is 10.9. The number of ether oxygens (including phenoxy) is 1. The van der Waals surface area contributed by atoms with E-state index in [2.05, 4.69) is 10.6 Å². The maximum absolute atomic E-state index is 12.2. The number of nitrogens with one attached hydrogen (secondary N) is 2. The van der Waals surface area contributed by atoms with Gasteiger partial charge in [-0.15, -0.1) is 0 Å². The summed E-state index contributed by atoms with van der Waals surface area (Å²) in [4.78, 5) is 46.1. The summed E-state index contributed by atoms with van der Waals surface area (Å²) in [5.41, 5.74) is 2.24. The zero-order valence-corrected chi connectivity index (χ0v) is 17.9. The van der Waals surface area contributed by atoms with Gasteiger partial charge >= 0.3 is 5.97 Å². The Bertz CT molecular complexity index is 1180. The molecule has 0 saturated carbocycles. The topological polar surface area (TPSA) is 128 Å². The molecule has 0 unspecified atom stereocenters. The molecular formula is C23H18ClN3O6. The van der Waals surface area contributed by atoms with E-state index in [1.54, 1.807) is 24.3 Å². The van der Waals surface area contributed by atoms with Gasteiger partial charge in [-0.3, -0.25) is 24.5 Å². The van der Waals surface area contributed by atoms with E-state index in [1.165, 1.54) is 12.1 Å². The molecule has 0 saturated heterocycles. The Labute approximate surface area is 193 Å². The lowest BCUT2D eigenvalue weighted by Crippen LogP contribution is -2.32. The van der Waals surface area contributed by atoms with Crippen LogP contribution in [0.4, 0.5) is 11.4 Å². The molecule has 33 heavy (non-hydrogen) atoms. The van der Waals surface area contributed by atoms with Crippen molar-refractivity contribution in [2.45, 2.75) is 0 Å². The van der Waals surface area contributed by atoms with Crippen LogP contribution in [0.1, 0.15) is 10.4 Å². The van der Waals surface area contributed by atoms with Crippen LogP contribution >= 0.6 is 11.6 Å². The van der Waals surface area contributed by atoms with Crippen molar-refractivity contribution in [1.29, 1.82) is 0 Å². The van der Waals surface area contributed by atoms with Gasteiger partial charge in [-0.2, -0.15) is 0 Å². The van der Waals surface area contributed by atoms with Crippen LogP contribution in [-0.2, 0) is 14.3 Å². The van der Waals surface area contributed by atoms with Crippen molar-refractivity contribution in [1.82, 2.24) is 5.32 Å². The molecule has 0 bridgehead atoms. The number of hydrogen-bond acceptors (Lipinski definition) is 6. The molecule has 0 fully saturated rings. The molecule has 10 heteroatoms. The molecule has 0 aliphatic heterocycles. The highest BCUT2D eigenvalue weighted by atomic mass is 35.5. The highest BCUT2D eigenvalue weighted by molar-refractivity contribution is 6.34. The summed E-state index contributed by atoms with van der Waals surface area (Å²) in [6.45, 7) is -1.04. The Balaban J connectivity index is 1.44. The van der Waals surface area contributed by atoms with Crippen LogP contribution in [0, 0.1) is 10.1 Å². The zero-order chi connectivity index (χ0) is 23.8. The number of hydrogen-bond donors (Lipinski definition) is 2. The van der Waals surface area contributed by atoms with Gasteiger partial charge in [-0.25, -0.2) is 0 Å². The number of carbonyl (C=O) groups is 3. The van der Waals surface area contributed by atoms with Gasteiger partial charge in [0.25, 0.3) is 17.5 Å². The van der Waals surface area contributed by atoms with Crippen LogP contribution in [0.15, 0.2) is 72.8 Å². The highest BCUT2D eigenvalue weighted by Crippen LogP contribution is 2.26. The van der Waals surface area contributed by atoms with E-state index in [1.807, 2.05) is 30.3 Å². The standard InChI is InChI=1S/C23H18ClN3O6/c24-19-12-18(27(31)32)10-11-20(19)26-21(28)14-33-22(29)13-25-23(30)17-8-6-16(7-9-17)15-4-2-1-3-5-15/h1-12H,13-14H2,(H,25,30)(H,26,28). The van der Waals surface area contributed by atoms with Gasteiger partial charge in [0.05, 0.1) is 15.6 Å². The van der Waals surface area contributed by atoms with E-state index < -0.39 is 35.9 Å². The Morgan fingerprint density at radius 3 is 2.24 bits per heavy atom. The number of non-ortho nitro benzene ring substituents is 1. The predicted octanol–water partition coefficient (Wildman–Crippen LogP) is 3.83. The number of amides is 2. The first-order chi connectivity index (χ1) is 15.8. The Morgan fingerprint density at radius 1 is 0.939 bits per heavy atom. The highest BCUT2D eigenvalue weighted by Gasteiger charge is 2.14. The lowest BCUT2D eigenvalue weighted by Gasteiger charge is -2.09. The van der Waals surface area contributed by atoms with Gasteiger partial charge in [-0.1, -0.05) is 54.1 Å². The third kappa shape index (κ3) is 6.62. The summed E-state index contributed by atoms with van der Waals surface area (Å²) in [6.07, 6.45) is 0. The summed E-state index contributed by atoms with van der Waals surface area (Å²) in [7, 11) is 0. The van der Waals surface area contributed by atoms with E-state index in [4.69, 9.17) is 16.3 Å². The SMILES string of the molecule is O=C(COC(=O)CNC(=O)c1ccc(-c2ccccc2)cc1)Nc1ccc([N+](=O)[O-])cc1Cl. The Morgan fingerprint density at radius 2 is 1.61 bits per heavy atom. The second-order valence-corrected chi connectivity index (χ2v) is 7.16. The quantitative estimate of drug-likeness (QED) is 0.294. The minimum atomic E-state index is -0.811. The third-order valence-electron chi connectivity index (χ3n) is 4.45. The number of nitrogens with zero attached hydrogens (tertiary/aromatic N) is 1. The smallest absolute Gasteiger partial charge is 0.325 e. The number of rotatable bonds is 8. The number of anilines is 1. The van der Waals surface area contributed by atoms with Crippen molar-refractivity contribution in [3.63, 3.8) is 0 Å². The molecule has 0 atom stereocenters. The minimum absolute atomic E-state index is 0.0329. The third-order valence-corrected chi connectivity index (χ3v) is 4.76. The van der Waals surface area contributed by atoms with E-state index in [9.17, 15) is 24.5 Å². The van der Waals surface area contributed by atoms with Crippen molar-refractivity contribution in [2.24, 2.45) is 0 Å². The Kier molecular flexibility index (Phi) is 7.72. The fourth-order valence-electron chi connectivity index (χ4n) is 2.80. The van der Waals surface area contributed by atoms with E-state index in [0.29, 0.717) is 5.56 Å². The van der Waals surface area contributed by atoms with Crippen LogP contribution in [0.25, 0.3) is 11.1 Å². The van der Waals surface area contributed by atoms with Gasteiger partial charge in [0, 0.05) is 17.7 Å². The predicted molar refractivity (Wildman–Crippen MR) is 122 cm³/mol. The first-order valence-corrected chi connectivity index (χ1v) is 10.0. The normalized spacial score (nSPS) is 10.2. The van der Waals surface area contributed by atoms with Crippen LogP contribution in [-0.4, -0.2) is 35.9 Å². The average molecular weight is 468 g/mol. The number of benzene rings is 3. The average Bonchev–Trinajstić information content (AvgIpc) is 2.83. The minimum Gasteiger partial charge on any atom is -0.454 e. The molecule has 0 spiro atoms. The van der Waals surface area contributed by atoms with Crippen molar-refractivity contribution >= 4 is 40.8 Å². The lowest BCUT2D eigenvalue weighted by atomic mass is 10.0. The van der Waals surface area contributed by atoms with Crippen molar-refractivity contribution < 1.29 is 24.0 Å². The number of halogens is 1. The first-order valence-electron chi connectivity index (χ1n) is 9.66. The zero-order valence-electron chi connectivity index (χ0n) is 17.1. The molecule has 0 aliphatic rings. The maximum Gasteiger partial charge on any atom is 0.325 e. The lowest BCUT2D eigenvalue weighted by molar-refractivity contribution is -0.384. The van der Waals surface area contributed by atoms with E-state index in [0.717, 1.165) is 17.2 Å². The van der Waals surface area contributed by atoms with Crippen LogP contribution in [0.3, 0.4) is 0 Å². The maximum atomic E-state index is 12.2. The van der Waals surface area contributed by atoms with Gasteiger partial charge in [0.15, 0.2) is 6.61 Å². The van der Waals surface area contributed by atoms with Crippen LogP contribution < -0.4 is 10.6 Å².